The van der Waals surface area contributed by atoms with Gasteiger partial charge in [0.15, 0.2) is 17.5 Å². The van der Waals surface area contributed by atoms with Gasteiger partial charge >= 0.3 is 0 Å². The first-order valence-corrected chi connectivity index (χ1v) is 18.3. The first-order valence-electron chi connectivity index (χ1n) is 18.3. The highest BCUT2D eigenvalue weighted by Crippen LogP contribution is 2.58. The summed E-state index contributed by atoms with van der Waals surface area (Å²) < 4.78 is 6.82. The molecule has 0 saturated heterocycles. The molecule has 0 aliphatic heterocycles. The molecule has 0 amide bonds. The van der Waals surface area contributed by atoms with E-state index in [-0.39, 0.29) is 0 Å². The van der Waals surface area contributed by atoms with E-state index in [0.717, 1.165) is 38.6 Å². The molecule has 0 N–H and O–H groups in total. The molecule has 54 heavy (non-hydrogen) atoms. The molecule has 4 nitrogen and oxygen atoms in total. The highest BCUT2D eigenvalue weighted by atomic mass is 16.3. The third kappa shape index (κ3) is 4.53. The second-order valence-electron chi connectivity index (χ2n) is 13.9. The fourth-order valence-electron chi connectivity index (χ4n) is 8.62. The van der Waals surface area contributed by atoms with Gasteiger partial charge in [0.05, 0.1) is 5.41 Å². The van der Waals surface area contributed by atoms with E-state index in [4.69, 9.17) is 19.4 Å². The minimum Gasteiger partial charge on any atom is -0.456 e. The molecule has 11 rings (SSSR count). The molecule has 2 heterocycles. The average molecular weight is 690 g/mol. The summed E-state index contributed by atoms with van der Waals surface area (Å²) >= 11 is 0. The maximum Gasteiger partial charge on any atom is 0.164 e. The number of furan rings is 1. The van der Waals surface area contributed by atoms with Crippen LogP contribution in [0.1, 0.15) is 22.3 Å². The summed E-state index contributed by atoms with van der Waals surface area (Å²) in [4.78, 5) is 14.8. The lowest BCUT2D eigenvalue weighted by Crippen LogP contribution is -2.28. The first kappa shape index (κ1) is 30.5. The van der Waals surface area contributed by atoms with Gasteiger partial charge in [0.2, 0.25) is 0 Å². The molecule has 1 atom stereocenters. The van der Waals surface area contributed by atoms with E-state index in [9.17, 15) is 0 Å². The normalized spacial score (nSPS) is 14.7. The first-order chi connectivity index (χ1) is 26.8. The van der Waals surface area contributed by atoms with Crippen molar-refractivity contribution in [3.05, 3.63) is 210 Å². The Kier molecular flexibility index (Phi) is 6.73. The number of aromatic nitrogens is 3. The van der Waals surface area contributed by atoms with Crippen molar-refractivity contribution >= 4 is 32.7 Å². The molecule has 1 unspecified atom stereocenters. The van der Waals surface area contributed by atoms with Gasteiger partial charge < -0.3 is 4.42 Å². The molecule has 8 aromatic carbocycles. The number of benzene rings is 8. The Bertz CT molecular complexity index is 2990. The van der Waals surface area contributed by atoms with Gasteiger partial charge in [-0.1, -0.05) is 170 Å². The van der Waals surface area contributed by atoms with E-state index >= 15 is 0 Å². The lowest BCUT2D eigenvalue weighted by atomic mass is 9.66. The molecule has 0 saturated carbocycles. The standard InChI is InChI=1S/C50H31N3O/c1-4-15-33(16-5-1)47-51-48(34-17-6-2-7-18-34)53-49(52-47)35-25-27-40-41-29-26-37(31-45(41)54-44(40)30-35)50(36-19-8-3-9-20-36)43-23-13-12-22-39(43)42-28-24-32-14-10-11-21-38(32)46(42)50/h1-31H. The monoisotopic (exact) mass is 689 g/mol. The van der Waals surface area contributed by atoms with Crippen molar-refractivity contribution in [2.24, 2.45) is 0 Å². The molecule has 0 spiro atoms. The van der Waals surface area contributed by atoms with Crippen LogP contribution in [0.3, 0.4) is 0 Å². The molecule has 0 radical (unpaired) electrons. The zero-order valence-electron chi connectivity index (χ0n) is 29.1. The van der Waals surface area contributed by atoms with Gasteiger partial charge in [-0.15, -0.1) is 0 Å². The summed E-state index contributed by atoms with van der Waals surface area (Å²) in [7, 11) is 0. The number of fused-ring (bicyclic) bond motifs is 8. The Hall–Kier alpha value is -7.17. The van der Waals surface area contributed by atoms with Crippen LogP contribution in [-0.4, -0.2) is 15.0 Å². The van der Waals surface area contributed by atoms with E-state index < -0.39 is 5.41 Å². The van der Waals surface area contributed by atoms with Crippen molar-refractivity contribution in [2.75, 3.05) is 0 Å². The molecular weight excluding hydrogens is 659 g/mol. The number of hydrogen-bond acceptors (Lipinski definition) is 4. The van der Waals surface area contributed by atoms with Gasteiger partial charge in [-0.05, 0) is 62.4 Å². The fourth-order valence-corrected chi connectivity index (χ4v) is 8.62. The molecular formula is C50H31N3O. The Morgan fingerprint density at radius 3 is 1.67 bits per heavy atom. The van der Waals surface area contributed by atoms with Crippen LogP contribution in [0, 0.1) is 0 Å². The molecule has 10 aromatic rings. The van der Waals surface area contributed by atoms with Crippen LogP contribution < -0.4 is 0 Å². The van der Waals surface area contributed by atoms with E-state index in [0.29, 0.717) is 17.5 Å². The summed E-state index contributed by atoms with van der Waals surface area (Å²) in [5.41, 5.74) is 11.3. The smallest absolute Gasteiger partial charge is 0.164 e. The molecule has 4 heteroatoms. The Morgan fingerprint density at radius 2 is 0.944 bits per heavy atom. The van der Waals surface area contributed by atoms with E-state index in [1.54, 1.807) is 0 Å². The zero-order chi connectivity index (χ0) is 35.6. The van der Waals surface area contributed by atoms with Crippen LogP contribution in [0.5, 0.6) is 0 Å². The molecule has 1 aliphatic rings. The van der Waals surface area contributed by atoms with Gasteiger partial charge in [0, 0.05) is 27.5 Å². The van der Waals surface area contributed by atoms with E-state index in [2.05, 4.69) is 127 Å². The van der Waals surface area contributed by atoms with Crippen molar-refractivity contribution in [3.8, 4) is 45.3 Å². The summed E-state index contributed by atoms with van der Waals surface area (Å²) in [6.45, 7) is 0. The molecule has 0 bridgehead atoms. The largest absolute Gasteiger partial charge is 0.456 e. The van der Waals surface area contributed by atoms with Gasteiger partial charge in [-0.25, -0.2) is 15.0 Å². The van der Waals surface area contributed by atoms with Crippen molar-refractivity contribution in [2.45, 2.75) is 5.41 Å². The Labute approximate surface area is 312 Å². The average Bonchev–Trinajstić information content (AvgIpc) is 3.78. The highest BCUT2D eigenvalue weighted by molar-refractivity contribution is 6.07. The maximum absolute atomic E-state index is 6.82. The van der Waals surface area contributed by atoms with Crippen LogP contribution in [0.25, 0.3) is 78.0 Å². The van der Waals surface area contributed by atoms with Crippen LogP contribution in [0.15, 0.2) is 192 Å². The minimum atomic E-state index is -0.557. The minimum absolute atomic E-state index is 0.557. The van der Waals surface area contributed by atoms with Crippen LogP contribution in [0.4, 0.5) is 0 Å². The predicted octanol–water partition coefficient (Wildman–Crippen LogP) is 12.3. The third-order valence-corrected chi connectivity index (χ3v) is 11.0. The molecule has 2 aromatic heterocycles. The number of nitrogens with zero attached hydrogens (tertiary/aromatic N) is 3. The lowest BCUT2D eigenvalue weighted by molar-refractivity contribution is 0.666. The SMILES string of the molecule is c1ccc(-c2nc(-c3ccccc3)nc(-c3ccc4c(c3)oc3cc(C5(c6ccccc6)c6ccccc6-c6ccc7ccccc7c65)ccc34)n2)cc1. The summed E-state index contributed by atoms with van der Waals surface area (Å²) in [6.07, 6.45) is 0. The lowest BCUT2D eigenvalue weighted by Gasteiger charge is -2.34. The van der Waals surface area contributed by atoms with Gasteiger partial charge in [0.1, 0.15) is 11.2 Å². The summed E-state index contributed by atoms with van der Waals surface area (Å²) in [5.74, 6) is 1.86. The second-order valence-corrected chi connectivity index (χ2v) is 13.9. The summed E-state index contributed by atoms with van der Waals surface area (Å²) in [5, 5.41) is 4.60. The second kappa shape index (κ2) is 11.9. The van der Waals surface area contributed by atoms with Crippen molar-refractivity contribution in [3.63, 3.8) is 0 Å². The Balaban J connectivity index is 1.12. The maximum atomic E-state index is 6.82. The fraction of sp³-hybridized carbons (Fsp3) is 0.0200. The van der Waals surface area contributed by atoms with Crippen LogP contribution >= 0.6 is 0 Å². The van der Waals surface area contributed by atoms with Crippen LogP contribution in [-0.2, 0) is 5.41 Å². The topological polar surface area (TPSA) is 51.8 Å². The van der Waals surface area contributed by atoms with E-state index in [1.807, 2.05) is 60.7 Å². The third-order valence-electron chi connectivity index (χ3n) is 11.0. The van der Waals surface area contributed by atoms with Crippen molar-refractivity contribution in [1.29, 1.82) is 0 Å². The molecule has 0 fully saturated rings. The summed E-state index contributed by atoms with van der Waals surface area (Å²) in [6, 6.07) is 66.3. The number of rotatable bonds is 5. The number of hydrogen-bond donors (Lipinski definition) is 0. The van der Waals surface area contributed by atoms with E-state index in [1.165, 1.54) is 44.2 Å². The highest BCUT2D eigenvalue weighted by Gasteiger charge is 2.47. The van der Waals surface area contributed by atoms with Crippen molar-refractivity contribution in [1.82, 2.24) is 15.0 Å². The predicted molar refractivity (Wildman–Crippen MR) is 218 cm³/mol. The molecule has 1 aliphatic carbocycles. The van der Waals surface area contributed by atoms with Gasteiger partial charge in [-0.3, -0.25) is 0 Å². The van der Waals surface area contributed by atoms with Gasteiger partial charge in [-0.2, -0.15) is 0 Å². The van der Waals surface area contributed by atoms with Crippen molar-refractivity contribution < 1.29 is 4.42 Å². The molecule has 252 valence electrons. The quantitative estimate of drug-likeness (QED) is 0.180. The van der Waals surface area contributed by atoms with Gasteiger partial charge in [0.25, 0.3) is 0 Å². The zero-order valence-corrected chi connectivity index (χ0v) is 29.1. The van der Waals surface area contributed by atoms with Crippen LogP contribution in [0.2, 0.25) is 0 Å². The Morgan fingerprint density at radius 1 is 0.370 bits per heavy atom.